The van der Waals surface area contributed by atoms with E-state index in [1.807, 2.05) is 0 Å². The average molecular weight is 296 g/mol. The van der Waals surface area contributed by atoms with Crippen LogP contribution in [0.4, 0.5) is 0 Å². The van der Waals surface area contributed by atoms with Crippen LogP contribution >= 0.6 is 0 Å². The van der Waals surface area contributed by atoms with Gasteiger partial charge in [-0.25, -0.2) is 10.0 Å². The molecular formula is C18H24N4. The van der Waals surface area contributed by atoms with Crippen LogP contribution in [0.3, 0.4) is 0 Å². The number of nitrogens with zero attached hydrogens (tertiary/aromatic N) is 3. The molecule has 0 aliphatic carbocycles. The van der Waals surface area contributed by atoms with Crippen LogP contribution in [-0.2, 0) is 0 Å². The standard InChI is InChI=1S/C18H24N4/c1-4-11-21(12-5-1)22-13-10-19-14-18(22)17-9-8-15-6-2-3-7-16(15)20-17/h2-3,6-9,18-19H,1,4-5,10-14H2. The van der Waals surface area contributed by atoms with E-state index in [9.17, 15) is 0 Å². The molecule has 2 aliphatic rings. The number of piperidine rings is 1. The Labute approximate surface area is 132 Å². The molecule has 22 heavy (non-hydrogen) atoms. The number of benzene rings is 1. The highest BCUT2D eigenvalue weighted by atomic mass is 15.6. The average Bonchev–Trinajstić information content (AvgIpc) is 2.62. The van der Waals surface area contributed by atoms with Gasteiger partial charge >= 0.3 is 0 Å². The summed E-state index contributed by atoms with van der Waals surface area (Å²) in [6.07, 6.45) is 4.02. The number of pyridine rings is 1. The van der Waals surface area contributed by atoms with Crippen LogP contribution in [0.15, 0.2) is 36.4 Å². The van der Waals surface area contributed by atoms with Gasteiger partial charge < -0.3 is 5.32 Å². The lowest BCUT2D eigenvalue weighted by Crippen LogP contribution is -2.55. The summed E-state index contributed by atoms with van der Waals surface area (Å²) in [6.45, 7) is 5.54. The number of para-hydroxylation sites is 1. The third-order valence-electron chi connectivity index (χ3n) is 4.87. The van der Waals surface area contributed by atoms with E-state index < -0.39 is 0 Å². The molecule has 1 unspecified atom stereocenters. The first-order valence-corrected chi connectivity index (χ1v) is 8.50. The molecular weight excluding hydrogens is 272 g/mol. The number of aromatic nitrogens is 1. The second kappa shape index (κ2) is 6.32. The maximum Gasteiger partial charge on any atom is 0.0792 e. The summed E-state index contributed by atoms with van der Waals surface area (Å²) in [6, 6.07) is 13.2. The Morgan fingerprint density at radius 3 is 2.73 bits per heavy atom. The van der Waals surface area contributed by atoms with Crippen molar-refractivity contribution in [2.75, 3.05) is 32.7 Å². The fourth-order valence-electron chi connectivity index (χ4n) is 3.69. The number of fused-ring (bicyclic) bond motifs is 1. The number of hydrogen-bond donors (Lipinski definition) is 1. The van der Waals surface area contributed by atoms with Gasteiger partial charge in [-0.1, -0.05) is 30.7 Å². The van der Waals surface area contributed by atoms with E-state index >= 15 is 0 Å². The molecule has 2 aliphatic heterocycles. The highest BCUT2D eigenvalue weighted by molar-refractivity contribution is 5.78. The Kier molecular flexibility index (Phi) is 4.06. The van der Waals surface area contributed by atoms with Gasteiger partial charge in [-0.2, -0.15) is 0 Å². The normalized spacial score (nSPS) is 24.6. The van der Waals surface area contributed by atoms with Gasteiger partial charge in [-0.15, -0.1) is 0 Å². The number of piperazine rings is 1. The summed E-state index contributed by atoms with van der Waals surface area (Å²) in [5, 5.41) is 9.89. The molecule has 0 saturated carbocycles. The van der Waals surface area contributed by atoms with E-state index in [2.05, 4.69) is 51.7 Å². The van der Waals surface area contributed by atoms with E-state index in [0.29, 0.717) is 6.04 Å². The Balaban J connectivity index is 1.64. The zero-order valence-corrected chi connectivity index (χ0v) is 13.0. The van der Waals surface area contributed by atoms with Crippen molar-refractivity contribution >= 4 is 10.9 Å². The predicted octanol–water partition coefficient (Wildman–Crippen LogP) is 2.58. The van der Waals surface area contributed by atoms with Crippen LogP contribution in [0.25, 0.3) is 10.9 Å². The Morgan fingerprint density at radius 1 is 0.955 bits per heavy atom. The lowest BCUT2D eigenvalue weighted by molar-refractivity contribution is -0.0852. The highest BCUT2D eigenvalue weighted by Gasteiger charge is 2.30. The number of hydrogen-bond acceptors (Lipinski definition) is 4. The predicted molar refractivity (Wildman–Crippen MR) is 89.5 cm³/mol. The monoisotopic (exact) mass is 296 g/mol. The Bertz CT molecular complexity index is 636. The molecule has 0 amide bonds. The fraction of sp³-hybridized carbons (Fsp3) is 0.500. The lowest BCUT2D eigenvalue weighted by Gasteiger charge is -2.44. The fourth-order valence-corrected chi connectivity index (χ4v) is 3.69. The van der Waals surface area contributed by atoms with Gasteiger partial charge in [0, 0.05) is 38.1 Å². The molecule has 1 atom stereocenters. The lowest BCUT2D eigenvalue weighted by atomic mass is 10.1. The first-order chi connectivity index (χ1) is 10.9. The molecule has 2 saturated heterocycles. The van der Waals surface area contributed by atoms with Crippen molar-refractivity contribution in [1.29, 1.82) is 0 Å². The maximum absolute atomic E-state index is 4.94. The number of rotatable bonds is 2. The molecule has 0 bridgehead atoms. The van der Waals surface area contributed by atoms with E-state index in [4.69, 9.17) is 4.98 Å². The second-order valence-electron chi connectivity index (χ2n) is 6.33. The van der Waals surface area contributed by atoms with Crippen molar-refractivity contribution in [2.45, 2.75) is 25.3 Å². The summed E-state index contributed by atoms with van der Waals surface area (Å²) in [4.78, 5) is 4.94. The molecule has 4 rings (SSSR count). The minimum Gasteiger partial charge on any atom is -0.313 e. The smallest absolute Gasteiger partial charge is 0.0792 e. The maximum atomic E-state index is 4.94. The molecule has 0 spiro atoms. The largest absolute Gasteiger partial charge is 0.313 e. The molecule has 1 aromatic heterocycles. The van der Waals surface area contributed by atoms with Gasteiger partial charge in [0.15, 0.2) is 0 Å². The van der Waals surface area contributed by atoms with Crippen LogP contribution in [0.2, 0.25) is 0 Å². The van der Waals surface area contributed by atoms with Crippen molar-refractivity contribution in [1.82, 2.24) is 20.3 Å². The van der Waals surface area contributed by atoms with Crippen molar-refractivity contribution in [2.24, 2.45) is 0 Å². The first-order valence-electron chi connectivity index (χ1n) is 8.50. The number of nitrogens with one attached hydrogen (secondary N) is 1. The molecule has 2 aromatic rings. The third kappa shape index (κ3) is 2.74. The van der Waals surface area contributed by atoms with Gasteiger partial charge in [0.25, 0.3) is 0 Å². The molecule has 1 N–H and O–H groups in total. The molecule has 3 heterocycles. The van der Waals surface area contributed by atoms with E-state index in [0.717, 1.165) is 25.2 Å². The molecule has 2 fully saturated rings. The van der Waals surface area contributed by atoms with Gasteiger partial charge in [-0.05, 0) is 25.0 Å². The molecule has 4 nitrogen and oxygen atoms in total. The third-order valence-corrected chi connectivity index (χ3v) is 4.87. The zero-order chi connectivity index (χ0) is 14.8. The van der Waals surface area contributed by atoms with Crippen LogP contribution in [-0.4, -0.2) is 47.7 Å². The van der Waals surface area contributed by atoms with Gasteiger partial charge in [-0.3, -0.25) is 4.98 Å². The topological polar surface area (TPSA) is 31.4 Å². The molecule has 116 valence electrons. The van der Waals surface area contributed by atoms with Crippen molar-refractivity contribution < 1.29 is 0 Å². The SMILES string of the molecule is c1ccc2nc(C3CNCCN3N3CCCCC3)ccc2c1. The van der Waals surface area contributed by atoms with E-state index in [-0.39, 0.29) is 0 Å². The van der Waals surface area contributed by atoms with Gasteiger partial charge in [0.05, 0.1) is 17.3 Å². The highest BCUT2D eigenvalue weighted by Crippen LogP contribution is 2.26. The Hall–Kier alpha value is -1.49. The minimum absolute atomic E-state index is 0.358. The molecule has 4 heteroatoms. The van der Waals surface area contributed by atoms with Gasteiger partial charge in [0.1, 0.15) is 0 Å². The van der Waals surface area contributed by atoms with Crippen LogP contribution in [0, 0.1) is 0 Å². The van der Waals surface area contributed by atoms with Crippen LogP contribution in [0.5, 0.6) is 0 Å². The summed E-state index contributed by atoms with van der Waals surface area (Å²) < 4.78 is 0. The summed E-state index contributed by atoms with van der Waals surface area (Å²) >= 11 is 0. The summed E-state index contributed by atoms with van der Waals surface area (Å²) in [5.74, 6) is 0. The van der Waals surface area contributed by atoms with Crippen molar-refractivity contribution in [3.63, 3.8) is 0 Å². The quantitative estimate of drug-likeness (QED) is 0.923. The van der Waals surface area contributed by atoms with Crippen LogP contribution < -0.4 is 5.32 Å². The minimum atomic E-state index is 0.358. The first kappa shape index (κ1) is 14.1. The summed E-state index contributed by atoms with van der Waals surface area (Å²) in [5.41, 5.74) is 2.29. The Morgan fingerprint density at radius 2 is 1.82 bits per heavy atom. The van der Waals surface area contributed by atoms with E-state index in [1.54, 1.807) is 0 Å². The number of hydrazine groups is 1. The van der Waals surface area contributed by atoms with Crippen LogP contribution in [0.1, 0.15) is 31.0 Å². The second-order valence-corrected chi connectivity index (χ2v) is 6.33. The summed E-state index contributed by atoms with van der Waals surface area (Å²) in [7, 11) is 0. The van der Waals surface area contributed by atoms with E-state index in [1.165, 1.54) is 43.4 Å². The molecule has 0 radical (unpaired) electrons. The molecule has 1 aromatic carbocycles. The van der Waals surface area contributed by atoms with Crippen molar-refractivity contribution in [3.05, 3.63) is 42.1 Å². The van der Waals surface area contributed by atoms with Gasteiger partial charge in [0.2, 0.25) is 0 Å². The zero-order valence-electron chi connectivity index (χ0n) is 13.0. The van der Waals surface area contributed by atoms with Crippen molar-refractivity contribution in [3.8, 4) is 0 Å².